The molecule has 0 bridgehead atoms. The van der Waals surface area contributed by atoms with Crippen molar-refractivity contribution in [1.29, 1.82) is 0 Å². The van der Waals surface area contributed by atoms with Crippen LogP contribution in [0.2, 0.25) is 0 Å². The first-order chi connectivity index (χ1) is 27.7. The average molecular weight is 753 g/mol. The maximum atomic E-state index is 5.20. The molecule has 56 heavy (non-hydrogen) atoms. The molecule has 8 heteroatoms. The highest BCUT2D eigenvalue weighted by atomic mass is 32.1. The summed E-state index contributed by atoms with van der Waals surface area (Å²) in [5.74, 6) is 2.34. The number of nitrogens with zero attached hydrogens (tertiary/aromatic N) is 6. The largest absolute Gasteiger partial charge is 0.225 e. The van der Waals surface area contributed by atoms with E-state index in [1.807, 2.05) is 77.3 Å². The highest BCUT2D eigenvalue weighted by Crippen LogP contribution is 2.41. The predicted molar refractivity (Wildman–Crippen MR) is 232 cm³/mol. The van der Waals surface area contributed by atoms with Gasteiger partial charge in [0.15, 0.2) is 23.3 Å². The van der Waals surface area contributed by atoms with E-state index in [0.717, 1.165) is 44.5 Å². The van der Waals surface area contributed by atoms with Gasteiger partial charge in [-0.15, -0.1) is 22.7 Å². The Labute approximate surface area is 329 Å². The van der Waals surface area contributed by atoms with Crippen molar-refractivity contribution in [3.63, 3.8) is 0 Å². The Morgan fingerprint density at radius 1 is 0.286 bits per heavy atom. The van der Waals surface area contributed by atoms with Gasteiger partial charge in [0.05, 0.1) is 0 Å². The van der Waals surface area contributed by atoms with Crippen LogP contribution in [0.1, 0.15) is 0 Å². The van der Waals surface area contributed by atoms with Gasteiger partial charge >= 0.3 is 0 Å². The van der Waals surface area contributed by atoms with Crippen LogP contribution in [0.3, 0.4) is 0 Å². The third-order valence-electron chi connectivity index (χ3n) is 10.2. The molecule has 4 heterocycles. The Morgan fingerprint density at radius 3 is 1.34 bits per heavy atom. The molecule has 0 saturated carbocycles. The highest BCUT2D eigenvalue weighted by Gasteiger charge is 2.17. The average Bonchev–Trinajstić information content (AvgIpc) is 3.84. The van der Waals surface area contributed by atoms with Crippen molar-refractivity contribution in [3.05, 3.63) is 170 Å². The first-order valence-electron chi connectivity index (χ1n) is 18.2. The maximum Gasteiger partial charge on any atom is 0.164 e. The van der Waals surface area contributed by atoms with Crippen LogP contribution in [-0.4, -0.2) is 29.9 Å². The number of hydrogen-bond acceptors (Lipinski definition) is 8. The molecule has 0 aliphatic carbocycles. The van der Waals surface area contributed by atoms with Crippen LogP contribution in [0, 0.1) is 0 Å². The van der Waals surface area contributed by atoms with E-state index in [0.29, 0.717) is 23.3 Å². The maximum absolute atomic E-state index is 5.20. The van der Waals surface area contributed by atoms with E-state index in [9.17, 15) is 0 Å². The third-order valence-corrected chi connectivity index (χ3v) is 12.5. The summed E-state index contributed by atoms with van der Waals surface area (Å²) in [4.78, 5) is 28.2. The second-order valence-corrected chi connectivity index (χ2v) is 15.8. The lowest BCUT2D eigenvalue weighted by Crippen LogP contribution is -2.01. The molecule has 0 amide bonds. The van der Waals surface area contributed by atoms with Crippen molar-refractivity contribution in [2.75, 3.05) is 0 Å². The van der Waals surface area contributed by atoms with Crippen molar-refractivity contribution in [2.45, 2.75) is 0 Å². The monoisotopic (exact) mass is 752 g/mol. The third kappa shape index (κ3) is 5.80. The number of thiophene rings is 2. The quantitative estimate of drug-likeness (QED) is 0.168. The topological polar surface area (TPSA) is 77.3 Å². The van der Waals surface area contributed by atoms with E-state index in [-0.39, 0.29) is 0 Å². The fourth-order valence-electron chi connectivity index (χ4n) is 7.44. The van der Waals surface area contributed by atoms with Crippen LogP contribution >= 0.6 is 22.7 Å². The molecule has 262 valence electrons. The van der Waals surface area contributed by atoms with Gasteiger partial charge in [0.1, 0.15) is 12.7 Å². The number of aromatic nitrogens is 6. The molecule has 11 rings (SSSR count). The lowest BCUT2D eigenvalue weighted by atomic mass is 9.94. The molecule has 0 N–H and O–H groups in total. The lowest BCUT2D eigenvalue weighted by Gasteiger charge is -2.13. The van der Waals surface area contributed by atoms with Crippen LogP contribution in [0.15, 0.2) is 170 Å². The summed E-state index contributed by atoms with van der Waals surface area (Å²) in [6, 6.07) is 55.7. The summed E-state index contributed by atoms with van der Waals surface area (Å²) in [6.45, 7) is 0. The Bertz CT molecular complexity index is 3130. The van der Waals surface area contributed by atoms with Crippen molar-refractivity contribution in [2.24, 2.45) is 0 Å². The van der Waals surface area contributed by atoms with Gasteiger partial charge in [-0.1, -0.05) is 97.1 Å². The van der Waals surface area contributed by atoms with E-state index in [4.69, 9.17) is 15.0 Å². The molecule has 0 radical (unpaired) electrons. The van der Waals surface area contributed by atoms with Crippen LogP contribution in [-0.2, 0) is 0 Å². The Kier molecular flexibility index (Phi) is 7.75. The fraction of sp³-hybridized carbons (Fsp3) is 0. The standard InChI is InChI=1S/C48H28N6S2/c1-2-9-29(10-3-1)46-52-47(33-12-8-11-32(21-33)45-50-27-49-28-51-45)54-48(53-46)36-23-34(30-17-19-43-39(25-30)37-13-4-6-15-41(37)55-43)22-35(24-36)31-18-20-44-40(26-31)38-14-5-7-16-42(38)56-44/h1-28H. The van der Waals surface area contributed by atoms with Gasteiger partial charge in [0, 0.05) is 62.6 Å². The smallest absolute Gasteiger partial charge is 0.164 e. The Morgan fingerprint density at radius 2 is 0.732 bits per heavy atom. The summed E-state index contributed by atoms with van der Waals surface area (Å²) in [5.41, 5.74) is 7.94. The molecule has 0 unspecified atom stereocenters. The molecule has 7 aromatic carbocycles. The summed E-state index contributed by atoms with van der Waals surface area (Å²) in [7, 11) is 0. The van der Waals surface area contributed by atoms with Crippen LogP contribution < -0.4 is 0 Å². The Hall–Kier alpha value is -7.00. The van der Waals surface area contributed by atoms with E-state index < -0.39 is 0 Å². The van der Waals surface area contributed by atoms with Gasteiger partial charge in [-0.05, 0) is 82.9 Å². The zero-order valence-corrected chi connectivity index (χ0v) is 31.3. The molecule has 6 nitrogen and oxygen atoms in total. The minimum atomic E-state index is 0.564. The summed E-state index contributed by atoms with van der Waals surface area (Å²) in [5, 5.41) is 5.06. The molecule has 11 aromatic rings. The molecule has 0 atom stereocenters. The van der Waals surface area contributed by atoms with Gasteiger partial charge in [0.25, 0.3) is 0 Å². The van der Waals surface area contributed by atoms with Crippen molar-refractivity contribution < 1.29 is 0 Å². The van der Waals surface area contributed by atoms with Gasteiger partial charge in [-0.25, -0.2) is 29.9 Å². The zero-order valence-electron chi connectivity index (χ0n) is 29.7. The van der Waals surface area contributed by atoms with E-state index >= 15 is 0 Å². The second-order valence-electron chi connectivity index (χ2n) is 13.6. The van der Waals surface area contributed by atoms with E-state index in [1.54, 1.807) is 0 Å². The second kappa shape index (κ2) is 13.4. The number of fused-ring (bicyclic) bond motifs is 6. The van der Waals surface area contributed by atoms with Crippen molar-refractivity contribution in [3.8, 4) is 67.8 Å². The molecule has 0 aliphatic rings. The van der Waals surface area contributed by atoms with Gasteiger partial charge in [-0.3, -0.25) is 0 Å². The van der Waals surface area contributed by atoms with Crippen LogP contribution in [0.4, 0.5) is 0 Å². The number of hydrogen-bond donors (Lipinski definition) is 0. The van der Waals surface area contributed by atoms with Crippen molar-refractivity contribution in [1.82, 2.24) is 29.9 Å². The number of benzene rings is 7. The van der Waals surface area contributed by atoms with Gasteiger partial charge < -0.3 is 0 Å². The zero-order chi connectivity index (χ0) is 37.0. The van der Waals surface area contributed by atoms with Crippen LogP contribution in [0.25, 0.3) is 108 Å². The minimum Gasteiger partial charge on any atom is -0.225 e. The first kappa shape index (κ1) is 32.4. The summed E-state index contributed by atoms with van der Waals surface area (Å²) in [6.07, 6.45) is 3.01. The summed E-state index contributed by atoms with van der Waals surface area (Å²) < 4.78 is 5.12. The first-order valence-corrected chi connectivity index (χ1v) is 19.9. The normalized spacial score (nSPS) is 11.6. The molecular formula is C48H28N6S2. The Balaban J connectivity index is 1.13. The predicted octanol–water partition coefficient (Wildman–Crippen LogP) is 12.8. The SMILES string of the molecule is c1ccc(-c2nc(-c3cc(-c4ccc5sc6ccccc6c5c4)cc(-c4ccc5sc6ccccc6c5c4)c3)nc(-c3cccc(-c4ncncn4)c3)n2)cc1. The molecule has 0 aliphatic heterocycles. The summed E-state index contributed by atoms with van der Waals surface area (Å²) >= 11 is 3.66. The van der Waals surface area contributed by atoms with E-state index in [1.165, 1.54) is 53.0 Å². The highest BCUT2D eigenvalue weighted by molar-refractivity contribution is 7.26. The lowest BCUT2D eigenvalue weighted by molar-refractivity contribution is 1.05. The van der Waals surface area contributed by atoms with Gasteiger partial charge in [0.2, 0.25) is 0 Å². The molecule has 0 saturated heterocycles. The number of rotatable bonds is 6. The van der Waals surface area contributed by atoms with Crippen molar-refractivity contribution >= 4 is 63.0 Å². The minimum absolute atomic E-state index is 0.564. The molecule has 0 fully saturated rings. The fourth-order valence-corrected chi connectivity index (χ4v) is 9.61. The van der Waals surface area contributed by atoms with Crippen LogP contribution in [0.5, 0.6) is 0 Å². The van der Waals surface area contributed by atoms with Gasteiger partial charge in [-0.2, -0.15) is 0 Å². The molecular weight excluding hydrogens is 725 g/mol. The van der Waals surface area contributed by atoms with E-state index in [2.05, 4.69) is 118 Å². The molecule has 0 spiro atoms. The molecule has 4 aromatic heterocycles.